The first-order valence-electron chi connectivity index (χ1n) is 7.62. The van der Waals surface area contributed by atoms with Gasteiger partial charge in [-0.1, -0.05) is 23.7 Å². The largest absolute Gasteiger partial charge is 0.573 e. The third-order valence-electron chi connectivity index (χ3n) is 3.68. The van der Waals surface area contributed by atoms with Crippen LogP contribution in [-0.2, 0) is 6.54 Å². The van der Waals surface area contributed by atoms with E-state index >= 15 is 0 Å². The summed E-state index contributed by atoms with van der Waals surface area (Å²) < 4.78 is 40.2. The summed E-state index contributed by atoms with van der Waals surface area (Å²) in [5.74, 6) is -0.313. The molecule has 0 aliphatic heterocycles. The number of amides is 2. The van der Waals surface area contributed by atoms with Gasteiger partial charge in [0.1, 0.15) is 5.75 Å². The van der Waals surface area contributed by atoms with Gasteiger partial charge in [-0.3, -0.25) is 4.98 Å². The average Bonchev–Trinajstić information content (AvgIpc) is 2.59. The topological polar surface area (TPSA) is 54.5 Å². The Morgan fingerprint density at radius 1 is 1.27 bits per heavy atom. The van der Waals surface area contributed by atoms with Gasteiger partial charge in [0.05, 0.1) is 16.8 Å². The van der Waals surface area contributed by atoms with Crippen molar-refractivity contribution in [2.75, 3.05) is 7.05 Å². The molecule has 0 saturated carbocycles. The Hall–Kier alpha value is -2.48. The molecule has 1 N–H and O–H groups in total. The van der Waals surface area contributed by atoms with Crippen LogP contribution in [0.3, 0.4) is 0 Å². The molecular formula is C17H17ClF3N3O2. The lowest BCUT2D eigenvalue weighted by molar-refractivity contribution is -0.274. The van der Waals surface area contributed by atoms with Gasteiger partial charge in [0.2, 0.25) is 0 Å². The summed E-state index contributed by atoms with van der Waals surface area (Å²) in [6.07, 6.45) is -3.23. The van der Waals surface area contributed by atoms with Crippen LogP contribution in [-0.4, -0.2) is 29.3 Å². The molecule has 1 aromatic heterocycles. The van der Waals surface area contributed by atoms with Crippen LogP contribution in [0.5, 0.6) is 5.75 Å². The molecule has 1 unspecified atom stereocenters. The first-order valence-corrected chi connectivity index (χ1v) is 8.00. The second-order valence-corrected chi connectivity index (χ2v) is 5.98. The number of ether oxygens (including phenoxy) is 1. The molecule has 0 spiro atoms. The molecule has 1 heterocycles. The highest BCUT2D eigenvalue weighted by atomic mass is 35.5. The second kappa shape index (κ2) is 8.27. The lowest BCUT2D eigenvalue weighted by Crippen LogP contribution is -2.38. The number of aromatic nitrogens is 1. The van der Waals surface area contributed by atoms with E-state index in [0.717, 1.165) is 0 Å². The molecule has 26 heavy (non-hydrogen) atoms. The Morgan fingerprint density at radius 2 is 1.92 bits per heavy atom. The number of alkyl halides is 3. The predicted molar refractivity (Wildman–Crippen MR) is 90.8 cm³/mol. The molecular weight excluding hydrogens is 371 g/mol. The Labute approximate surface area is 153 Å². The third-order valence-corrected chi connectivity index (χ3v) is 3.90. The summed E-state index contributed by atoms with van der Waals surface area (Å²) in [7, 11) is 1.62. The summed E-state index contributed by atoms with van der Waals surface area (Å²) >= 11 is 5.80. The Morgan fingerprint density at radius 3 is 2.46 bits per heavy atom. The zero-order valence-electron chi connectivity index (χ0n) is 14.0. The molecule has 9 heteroatoms. The van der Waals surface area contributed by atoms with E-state index in [0.29, 0.717) is 16.3 Å². The number of halogens is 4. The van der Waals surface area contributed by atoms with Gasteiger partial charge in [-0.25, -0.2) is 4.79 Å². The molecule has 2 amide bonds. The molecule has 5 nitrogen and oxygen atoms in total. The van der Waals surface area contributed by atoms with Gasteiger partial charge in [-0.2, -0.15) is 0 Å². The molecule has 1 aromatic carbocycles. The standard InChI is InChI=1S/C17H17ClF3N3O2/c1-11(15-8-5-13(18)10-22-15)24(2)16(25)23-9-12-3-6-14(7-4-12)26-17(19,20)21/h3-8,10-11H,9H2,1-2H3,(H,23,25). The fraction of sp³-hybridized carbons (Fsp3) is 0.294. The minimum atomic E-state index is -4.73. The number of rotatable bonds is 5. The summed E-state index contributed by atoms with van der Waals surface area (Å²) in [6.45, 7) is 1.98. The number of nitrogens with zero attached hydrogens (tertiary/aromatic N) is 2. The molecule has 2 rings (SSSR count). The number of pyridine rings is 1. The molecule has 0 bridgehead atoms. The summed E-state index contributed by atoms with van der Waals surface area (Å²) in [6, 6.07) is 8.08. The molecule has 2 aromatic rings. The number of urea groups is 1. The molecule has 0 saturated heterocycles. The van der Waals surface area contributed by atoms with E-state index in [4.69, 9.17) is 11.6 Å². The van der Waals surface area contributed by atoms with E-state index in [1.54, 1.807) is 19.2 Å². The van der Waals surface area contributed by atoms with Crippen molar-refractivity contribution in [2.24, 2.45) is 0 Å². The lowest BCUT2D eigenvalue weighted by Gasteiger charge is -2.25. The highest BCUT2D eigenvalue weighted by Crippen LogP contribution is 2.23. The lowest BCUT2D eigenvalue weighted by atomic mass is 10.2. The smallest absolute Gasteiger partial charge is 0.406 e. The maximum absolute atomic E-state index is 12.2. The van der Waals surface area contributed by atoms with Gasteiger partial charge in [0.25, 0.3) is 0 Å². The fourth-order valence-corrected chi connectivity index (χ4v) is 2.23. The van der Waals surface area contributed by atoms with Gasteiger partial charge < -0.3 is 15.0 Å². The van der Waals surface area contributed by atoms with E-state index in [-0.39, 0.29) is 24.4 Å². The van der Waals surface area contributed by atoms with Crippen molar-refractivity contribution in [3.05, 3.63) is 58.9 Å². The zero-order valence-corrected chi connectivity index (χ0v) is 14.8. The van der Waals surface area contributed by atoms with Crippen molar-refractivity contribution in [1.29, 1.82) is 0 Å². The average molecular weight is 388 g/mol. The summed E-state index contributed by atoms with van der Waals surface area (Å²) in [5, 5.41) is 3.20. The van der Waals surface area contributed by atoms with Crippen molar-refractivity contribution in [3.8, 4) is 5.75 Å². The maximum Gasteiger partial charge on any atom is 0.573 e. The minimum Gasteiger partial charge on any atom is -0.406 e. The van der Waals surface area contributed by atoms with Crippen molar-refractivity contribution in [3.63, 3.8) is 0 Å². The normalized spacial score (nSPS) is 12.4. The summed E-state index contributed by atoms with van der Waals surface area (Å²) in [5.41, 5.74) is 1.32. The monoisotopic (exact) mass is 387 g/mol. The molecule has 0 aliphatic carbocycles. The first kappa shape index (κ1) is 19.8. The quantitative estimate of drug-likeness (QED) is 0.819. The number of benzene rings is 1. The van der Waals surface area contributed by atoms with Crippen LogP contribution in [0.15, 0.2) is 42.6 Å². The number of carbonyl (C=O) groups excluding carboxylic acids is 1. The van der Waals surface area contributed by atoms with Gasteiger partial charge in [0, 0.05) is 19.8 Å². The van der Waals surface area contributed by atoms with E-state index in [2.05, 4.69) is 15.0 Å². The Kier molecular flexibility index (Phi) is 6.31. The van der Waals surface area contributed by atoms with Crippen LogP contribution in [0.25, 0.3) is 0 Å². The predicted octanol–water partition coefficient (Wildman–Crippen LogP) is 4.54. The molecule has 0 aliphatic rings. The molecule has 1 atom stereocenters. The van der Waals surface area contributed by atoms with E-state index in [9.17, 15) is 18.0 Å². The Balaban J connectivity index is 1.90. The van der Waals surface area contributed by atoms with Crippen LogP contribution in [0.2, 0.25) is 5.02 Å². The van der Waals surface area contributed by atoms with E-state index in [1.165, 1.54) is 35.4 Å². The number of hydrogen-bond acceptors (Lipinski definition) is 3. The van der Waals surface area contributed by atoms with Crippen molar-refractivity contribution in [2.45, 2.75) is 25.9 Å². The summed E-state index contributed by atoms with van der Waals surface area (Å²) in [4.78, 5) is 17.9. The van der Waals surface area contributed by atoms with Crippen LogP contribution in [0, 0.1) is 0 Å². The molecule has 0 fully saturated rings. The second-order valence-electron chi connectivity index (χ2n) is 5.54. The van der Waals surface area contributed by atoms with Gasteiger partial charge >= 0.3 is 12.4 Å². The van der Waals surface area contributed by atoms with Crippen LogP contribution in [0.1, 0.15) is 24.2 Å². The number of carbonyl (C=O) groups is 1. The SMILES string of the molecule is CC(c1ccc(Cl)cn1)N(C)C(=O)NCc1ccc(OC(F)(F)F)cc1. The molecule has 140 valence electrons. The highest BCUT2D eigenvalue weighted by Gasteiger charge is 2.30. The minimum absolute atomic E-state index is 0.163. The van der Waals surface area contributed by atoms with Crippen LogP contribution < -0.4 is 10.1 Å². The van der Waals surface area contributed by atoms with Crippen molar-refractivity contribution < 1.29 is 22.7 Å². The van der Waals surface area contributed by atoms with Gasteiger partial charge in [-0.15, -0.1) is 13.2 Å². The van der Waals surface area contributed by atoms with E-state index in [1.807, 2.05) is 6.92 Å². The van der Waals surface area contributed by atoms with Crippen LogP contribution in [0.4, 0.5) is 18.0 Å². The number of nitrogens with one attached hydrogen (secondary N) is 1. The van der Waals surface area contributed by atoms with Gasteiger partial charge in [-0.05, 0) is 36.8 Å². The van der Waals surface area contributed by atoms with Gasteiger partial charge in [0.15, 0.2) is 0 Å². The van der Waals surface area contributed by atoms with Crippen molar-refractivity contribution in [1.82, 2.24) is 15.2 Å². The highest BCUT2D eigenvalue weighted by molar-refractivity contribution is 6.30. The van der Waals surface area contributed by atoms with E-state index < -0.39 is 6.36 Å². The van der Waals surface area contributed by atoms with Crippen LogP contribution >= 0.6 is 11.6 Å². The van der Waals surface area contributed by atoms with Crippen molar-refractivity contribution >= 4 is 17.6 Å². The fourth-order valence-electron chi connectivity index (χ4n) is 2.12. The maximum atomic E-state index is 12.2. The zero-order chi connectivity index (χ0) is 19.3. The number of hydrogen-bond donors (Lipinski definition) is 1. The Bertz CT molecular complexity index is 736. The third kappa shape index (κ3) is 5.80. The first-order chi connectivity index (χ1) is 12.2. The molecule has 0 radical (unpaired) electrons.